The van der Waals surface area contributed by atoms with E-state index in [-0.39, 0.29) is 17.4 Å². The Bertz CT molecular complexity index is 946. The molecule has 2 aromatic carbocycles. The molecule has 9 heteroatoms. The van der Waals surface area contributed by atoms with Crippen molar-refractivity contribution < 1.29 is 22.8 Å². The number of hydrogen-bond donors (Lipinski definition) is 1. The van der Waals surface area contributed by atoms with E-state index < -0.39 is 22.5 Å². The number of rotatable bonds is 2. The van der Waals surface area contributed by atoms with E-state index in [0.29, 0.717) is 43.4 Å². The molecule has 0 radical (unpaired) electrons. The van der Waals surface area contributed by atoms with Crippen LogP contribution in [0.3, 0.4) is 0 Å². The molecule has 0 atom stereocenters. The smallest absolute Gasteiger partial charge is 0.321 e. The highest BCUT2D eigenvalue weighted by atomic mass is 32.2. The third-order valence-electron chi connectivity index (χ3n) is 5.21. The van der Waals surface area contributed by atoms with Crippen molar-refractivity contribution in [3.63, 3.8) is 0 Å². The fourth-order valence-electron chi connectivity index (χ4n) is 3.73. The van der Waals surface area contributed by atoms with Crippen molar-refractivity contribution >= 4 is 35.1 Å². The molecule has 2 fully saturated rings. The zero-order valence-corrected chi connectivity index (χ0v) is 16.1. The first-order valence-electron chi connectivity index (χ1n) is 9.11. The third kappa shape index (κ3) is 3.78. The predicted octanol–water partition coefficient (Wildman–Crippen LogP) is 4.21. The van der Waals surface area contributed by atoms with Crippen molar-refractivity contribution in [1.29, 1.82) is 0 Å². The Labute approximate surface area is 169 Å². The fourth-order valence-corrected chi connectivity index (χ4v) is 5.06. The quantitative estimate of drug-likeness (QED) is 0.791. The summed E-state index contributed by atoms with van der Waals surface area (Å²) >= 11 is 1.53. The lowest BCUT2D eigenvalue weighted by Gasteiger charge is -2.43. The van der Waals surface area contributed by atoms with Crippen molar-refractivity contribution in [3.8, 4) is 0 Å². The largest absolute Gasteiger partial charge is 0.324 e. The summed E-state index contributed by atoms with van der Waals surface area (Å²) in [7, 11) is 0. The van der Waals surface area contributed by atoms with Crippen LogP contribution in [0.4, 0.5) is 29.3 Å². The molecule has 0 bridgehead atoms. The van der Waals surface area contributed by atoms with Gasteiger partial charge < -0.3 is 10.2 Å². The number of amides is 3. The second-order valence-corrected chi connectivity index (χ2v) is 8.32. The Kier molecular flexibility index (Phi) is 5.16. The molecule has 2 aliphatic rings. The van der Waals surface area contributed by atoms with Crippen LogP contribution in [0.5, 0.6) is 0 Å². The molecule has 1 spiro atoms. The van der Waals surface area contributed by atoms with Crippen molar-refractivity contribution in [1.82, 2.24) is 4.90 Å². The molecule has 0 aromatic heterocycles. The molecule has 4 rings (SSSR count). The maximum Gasteiger partial charge on any atom is 0.321 e. The zero-order chi connectivity index (χ0) is 20.6. The van der Waals surface area contributed by atoms with E-state index in [4.69, 9.17) is 0 Å². The molecule has 2 heterocycles. The minimum atomic E-state index is -0.841. The van der Waals surface area contributed by atoms with Crippen molar-refractivity contribution in [2.24, 2.45) is 0 Å². The second-order valence-electron chi connectivity index (χ2n) is 6.98. The van der Waals surface area contributed by atoms with Crippen LogP contribution in [-0.4, -0.2) is 40.6 Å². The van der Waals surface area contributed by atoms with Crippen LogP contribution in [0.2, 0.25) is 0 Å². The van der Waals surface area contributed by atoms with Gasteiger partial charge in [0, 0.05) is 24.8 Å². The van der Waals surface area contributed by atoms with Gasteiger partial charge in [-0.05, 0) is 49.2 Å². The van der Waals surface area contributed by atoms with Gasteiger partial charge >= 0.3 is 6.03 Å². The van der Waals surface area contributed by atoms with Gasteiger partial charge in [0.05, 0.1) is 16.3 Å². The van der Waals surface area contributed by atoms with Crippen molar-refractivity contribution in [3.05, 3.63) is 59.9 Å². The number of urea groups is 1. The van der Waals surface area contributed by atoms with E-state index in [1.807, 2.05) is 0 Å². The number of nitrogens with zero attached hydrogens (tertiary/aromatic N) is 2. The molecule has 29 heavy (non-hydrogen) atoms. The van der Waals surface area contributed by atoms with Gasteiger partial charge in [-0.2, -0.15) is 0 Å². The maximum absolute atomic E-state index is 13.8. The van der Waals surface area contributed by atoms with Gasteiger partial charge in [0.1, 0.15) is 17.5 Å². The number of halogens is 3. The lowest BCUT2D eigenvalue weighted by molar-refractivity contribution is -0.116. The average molecular weight is 421 g/mol. The molecular formula is C20H18F3N3O2S. The van der Waals surface area contributed by atoms with Crippen LogP contribution in [0.25, 0.3) is 0 Å². The summed E-state index contributed by atoms with van der Waals surface area (Å²) in [6.45, 7) is 0.735. The molecule has 5 nitrogen and oxygen atoms in total. The summed E-state index contributed by atoms with van der Waals surface area (Å²) < 4.78 is 40.1. The molecule has 1 N–H and O–H groups in total. The molecule has 2 aromatic rings. The Morgan fingerprint density at radius 3 is 2.31 bits per heavy atom. The SMILES string of the molecule is O=C(Nc1ccc(F)cc1F)N1CCC2(CC1)SCC(=O)N2c1ccc(F)cc1. The van der Waals surface area contributed by atoms with E-state index in [2.05, 4.69) is 5.32 Å². The first kappa shape index (κ1) is 19.6. The van der Waals surface area contributed by atoms with Crippen LogP contribution >= 0.6 is 11.8 Å². The molecular weight excluding hydrogens is 403 g/mol. The van der Waals surface area contributed by atoms with Gasteiger partial charge in [-0.3, -0.25) is 9.69 Å². The Hall–Kier alpha value is -2.68. The first-order chi connectivity index (χ1) is 13.9. The van der Waals surface area contributed by atoms with Crippen LogP contribution < -0.4 is 10.2 Å². The number of carbonyl (C=O) groups is 2. The van der Waals surface area contributed by atoms with Crippen LogP contribution in [-0.2, 0) is 4.79 Å². The number of piperidine rings is 1. The van der Waals surface area contributed by atoms with E-state index >= 15 is 0 Å². The zero-order valence-electron chi connectivity index (χ0n) is 15.3. The third-order valence-corrected chi connectivity index (χ3v) is 6.73. The fraction of sp³-hybridized carbons (Fsp3) is 0.300. The summed E-state index contributed by atoms with van der Waals surface area (Å²) in [5.74, 6) is -1.66. The monoisotopic (exact) mass is 421 g/mol. The normalized spacial score (nSPS) is 18.4. The first-order valence-corrected chi connectivity index (χ1v) is 10.1. The Balaban J connectivity index is 1.45. The van der Waals surface area contributed by atoms with E-state index in [1.54, 1.807) is 21.9 Å². The highest BCUT2D eigenvalue weighted by molar-refractivity contribution is 8.02. The van der Waals surface area contributed by atoms with Gasteiger partial charge in [0.2, 0.25) is 5.91 Å². The maximum atomic E-state index is 13.8. The molecule has 2 aliphatic heterocycles. The summed E-state index contributed by atoms with van der Waals surface area (Å²) in [5, 5.41) is 2.46. The van der Waals surface area contributed by atoms with Crippen molar-refractivity contribution in [2.45, 2.75) is 17.7 Å². The molecule has 0 saturated carbocycles. The molecule has 152 valence electrons. The lowest BCUT2D eigenvalue weighted by atomic mass is 10.0. The minimum absolute atomic E-state index is 0.0482. The van der Waals surface area contributed by atoms with E-state index in [0.717, 1.165) is 6.07 Å². The number of benzene rings is 2. The summed E-state index contributed by atoms with van der Waals surface area (Å²) in [6, 6.07) is 8.28. The molecule has 0 unspecified atom stereocenters. The van der Waals surface area contributed by atoms with E-state index in [1.165, 1.54) is 30.0 Å². The van der Waals surface area contributed by atoms with Crippen LogP contribution in [0.15, 0.2) is 42.5 Å². The predicted molar refractivity (Wildman–Crippen MR) is 105 cm³/mol. The standard InChI is InChI=1S/C20H18F3N3O2S/c21-13-1-4-15(5-2-13)26-18(27)12-29-20(26)7-9-25(10-8-20)19(28)24-17-6-3-14(22)11-16(17)23/h1-6,11H,7-10,12H2,(H,24,28). The topological polar surface area (TPSA) is 52.7 Å². The Morgan fingerprint density at radius 2 is 1.66 bits per heavy atom. The summed E-state index contributed by atoms with van der Waals surface area (Å²) in [4.78, 5) is 27.7. The molecule has 2 saturated heterocycles. The molecule has 0 aliphatic carbocycles. The van der Waals surface area contributed by atoms with Gasteiger partial charge in [0.25, 0.3) is 0 Å². The number of carbonyl (C=O) groups excluding carboxylic acids is 2. The minimum Gasteiger partial charge on any atom is -0.324 e. The van der Waals surface area contributed by atoms with Crippen LogP contribution in [0.1, 0.15) is 12.8 Å². The van der Waals surface area contributed by atoms with Crippen molar-refractivity contribution in [2.75, 3.05) is 29.1 Å². The average Bonchev–Trinajstić information content (AvgIpc) is 3.01. The summed E-state index contributed by atoms with van der Waals surface area (Å²) in [5.41, 5.74) is 0.544. The number of likely N-dealkylation sites (tertiary alicyclic amines) is 1. The van der Waals surface area contributed by atoms with Gasteiger partial charge in [-0.15, -0.1) is 11.8 Å². The van der Waals surface area contributed by atoms with Gasteiger partial charge in [-0.25, -0.2) is 18.0 Å². The lowest BCUT2D eigenvalue weighted by Crippen LogP contribution is -2.53. The second kappa shape index (κ2) is 7.62. The Morgan fingerprint density at radius 1 is 1.00 bits per heavy atom. The van der Waals surface area contributed by atoms with Crippen LogP contribution in [0, 0.1) is 17.5 Å². The number of nitrogens with one attached hydrogen (secondary N) is 1. The number of thioether (sulfide) groups is 1. The van der Waals surface area contributed by atoms with Gasteiger partial charge in [0.15, 0.2) is 0 Å². The number of anilines is 2. The highest BCUT2D eigenvalue weighted by Crippen LogP contribution is 2.46. The van der Waals surface area contributed by atoms with Gasteiger partial charge in [-0.1, -0.05) is 0 Å². The number of hydrogen-bond acceptors (Lipinski definition) is 3. The highest BCUT2D eigenvalue weighted by Gasteiger charge is 2.49. The van der Waals surface area contributed by atoms with E-state index in [9.17, 15) is 22.8 Å². The summed E-state index contributed by atoms with van der Waals surface area (Å²) in [6.07, 6.45) is 1.06. The molecule has 3 amide bonds.